The summed E-state index contributed by atoms with van der Waals surface area (Å²) in [6.07, 6.45) is 4.38. The van der Waals surface area contributed by atoms with Gasteiger partial charge in [0.25, 0.3) is 0 Å². The SMILES string of the molecule is CS(=O)(=O)c1ccc(C(C(=O)O)n2cc(-c3ccccc3)cn2)cc1. The summed E-state index contributed by atoms with van der Waals surface area (Å²) >= 11 is 0. The van der Waals surface area contributed by atoms with E-state index in [1.807, 2.05) is 30.3 Å². The van der Waals surface area contributed by atoms with E-state index >= 15 is 0 Å². The molecule has 1 heterocycles. The first-order valence-electron chi connectivity index (χ1n) is 7.48. The van der Waals surface area contributed by atoms with Gasteiger partial charge in [-0.3, -0.25) is 4.68 Å². The number of hydrogen-bond acceptors (Lipinski definition) is 4. The lowest BCUT2D eigenvalue weighted by Gasteiger charge is -2.13. The molecule has 25 heavy (non-hydrogen) atoms. The first kappa shape index (κ1) is 16.9. The van der Waals surface area contributed by atoms with E-state index in [-0.39, 0.29) is 4.90 Å². The second kappa shape index (κ2) is 6.52. The molecule has 3 aromatic rings. The lowest BCUT2D eigenvalue weighted by molar-refractivity contribution is -0.139. The van der Waals surface area contributed by atoms with Crippen LogP contribution < -0.4 is 0 Å². The molecule has 3 rings (SSSR count). The van der Waals surface area contributed by atoms with E-state index < -0.39 is 21.8 Å². The third-order valence-corrected chi connectivity index (χ3v) is 4.96. The molecule has 1 atom stereocenters. The second-order valence-corrected chi connectivity index (χ2v) is 7.67. The van der Waals surface area contributed by atoms with Gasteiger partial charge in [-0.05, 0) is 23.3 Å². The number of nitrogens with zero attached hydrogens (tertiary/aromatic N) is 2. The summed E-state index contributed by atoms with van der Waals surface area (Å²) < 4.78 is 24.4. The van der Waals surface area contributed by atoms with Crippen LogP contribution in [0.5, 0.6) is 0 Å². The molecule has 0 saturated carbocycles. The fraction of sp³-hybridized carbons (Fsp3) is 0.111. The highest BCUT2D eigenvalue weighted by molar-refractivity contribution is 7.90. The zero-order valence-corrected chi connectivity index (χ0v) is 14.2. The minimum absolute atomic E-state index is 0.144. The molecule has 0 bridgehead atoms. The Bertz CT molecular complexity index is 993. The lowest BCUT2D eigenvalue weighted by Crippen LogP contribution is -2.20. The third-order valence-electron chi connectivity index (χ3n) is 3.83. The Labute approximate surface area is 145 Å². The predicted molar refractivity (Wildman–Crippen MR) is 93.0 cm³/mol. The summed E-state index contributed by atoms with van der Waals surface area (Å²) in [5.41, 5.74) is 2.19. The van der Waals surface area contributed by atoms with E-state index in [2.05, 4.69) is 5.10 Å². The summed E-state index contributed by atoms with van der Waals surface area (Å²) in [5, 5.41) is 13.8. The van der Waals surface area contributed by atoms with Crippen molar-refractivity contribution in [1.29, 1.82) is 0 Å². The van der Waals surface area contributed by atoms with Crippen LogP contribution >= 0.6 is 0 Å². The van der Waals surface area contributed by atoms with E-state index in [9.17, 15) is 18.3 Å². The summed E-state index contributed by atoms with van der Waals surface area (Å²) in [4.78, 5) is 11.9. The smallest absolute Gasteiger partial charge is 0.333 e. The lowest BCUT2D eigenvalue weighted by atomic mass is 10.1. The summed E-state index contributed by atoms with van der Waals surface area (Å²) in [7, 11) is -3.33. The normalized spacial score (nSPS) is 12.7. The first-order valence-corrected chi connectivity index (χ1v) is 9.38. The maximum Gasteiger partial charge on any atom is 0.333 e. The molecule has 0 aliphatic rings. The number of carboxylic acid groups (broad SMARTS) is 1. The van der Waals surface area contributed by atoms with E-state index in [1.54, 1.807) is 12.4 Å². The van der Waals surface area contributed by atoms with Gasteiger partial charge in [0.2, 0.25) is 0 Å². The van der Waals surface area contributed by atoms with Crippen molar-refractivity contribution in [3.8, 4) is 11.1 Å². The van der Waals surface area contributed by atoms with Gasteiger partial charge in [0, 0.05) is 18.0 Å². The van der Waals surface area contributed by atoms with Crippen molar-refractivity contribution in [2.45, 2.75) is 10.9 Å². The number of hydrogen-bond donors (Lipinski definition) is 1. The number of carbonyl (C=O) groups is 1. The third kappa shape index (κ3) is 3.61. The van der Waals surface area contributed by atoms with Crippen molar-refractivity contribution >= 4 is 15.8 Å². The molecule has 6 nitrogen and oxygen atoms in total. The molecule has 0 fully saturated rings. The van der Waals surface area contributed by atoms with Gasteiger partial charge in [-0.1, -0.05) is 42.5 Å². The summed E-state index contributed by atoms with van der Waals surface area (Å²) in [6, 6.07) is 14.3. The van der Waals surface area contributed by atoms with Crippen LogP contribution in [0.1, 0.15) is 11.6 Å². The van der Waals surface area contributed by atoms with Crippen LogP contribution in [0, 0.1) is 0 Å². The molecule has 1 N–H and O–H groups in total. The van der Waals surface area contributed by atoms with Crippen LogP contribution in [0.15, 0.2) is 71.9 Å². The highest BCUT2D eigenvalue weighted by Crippen LogP contribution is 2.24. The van der Waals surface area contributed by atoms with Crippen molar-refractivity contribution in [2.75, 3.05) is 6.26 Å². The topological polar surface area (TPSA) is 89.3 Å². The zero-order chi connectivity index (χ0) is 18.0. The fourth-order valence-electron chi connectivity index (χ4n) is 2.56. The van der Waals surface area contributed by atoms with Gasteiger partial charge in [-0.2, -0.15) is 5.10 Å². The Hall–Kier alpha value is -2.93. The molecule has 0 aliphatic carbocycles. The number of aliphatic carboxylic acids is 1. The Morgan fingerprint density at radius 1 is 1.04 bits per heavy atom. The minimum atomic E-state index is -3.33. The van der Waals surface area contributed by atoms with E-state index in [4.69, 9.17) is 0 Å². The fourth-order valence-corrected chi connectivity index (χ4v) is 3.20. The van der Waals surface area contributed by atoms with E-state index in [0.717, 1.165) is 17.4 Å². The van der Waals surface area contributed by atoms with Crippen LogP contribution in [-0.4, -0.2) is 35.5 Å². The molecule has 0 amide bonds. The minimum Gasteiger partial charge on any atom is -0.479 e. The van der Waals surface area contributed by atoms with Gasteiger partial charge in [0.15, 0.2) is 15.9 Å². The standard InChI is InChI=1S/C18H16N2O4S/c1-25(23,24)16-9-7-14(8-10-16)17(18(21)22)20-12-15(11-19-20)13-5-3-2-4-6-13/h2-12,17H,1H3,(H,21,22). The molecule has 128 valence electrons. The largest absolute Gasteiger partial charge is 0.479 e. The molecule has 0 saturated heterocycles. The highest BCUT2D eigenvalue weighted by Gasteiger charge is 2.23. The van der Waals surface area contributed by atoms with Crippen molar-refractivity contribution < 1.29 is 18.3 Å². The molecule has 1 aromatic heterocycles. The Morgan fingerprint density at radius 3 is 2.24 bits per heavy atom. The van der Waals surface area contributed by atoms with Gasteiger partial charge >= 0.3 is 5.97 Å². The predicted octanol–water partition coefficient (Wildman–Crippen LogP) is 2.63. The van der Waals surface area contributed by atoms with Gasteiger partial charge in [0.1, 0.15) is 0 Å². The molecule has 0 spiro atoms. The molecular weight excluding hydrogens is 340 g/mol. The molecular formula is C18H16N2O4S. The molecule has 1 unspecified atom stereocenters. The molecule has 7 heteroatoms. The Morgan fingerprint density at radius 2 is 1.68 bits per heavy atom. The Balaban J connectivity index is 1.97. The molecule has 0 radical (unpaired) electrons. The quantitative estimate of drug-likeness (QED) is 0.759. The van der Waals surface area contributed by atoms with Crippen LogP contribution in [-0.2, 0) is 14.6 Å². The molecule has 0 aliphatic heterocycles. The van der Waals surface area contributed by atoms with Gasteiger partial charge in [0.05, 0.1) is 11.1 Å². The number of sulfone groups is 1. The number of aromatic nitrogens is 2. The highest BCUT2D eigenvalue weighted by atomic mass is 32.2. The number of benzene rings is 2. The van der Waals surface area contributed by atoms with E-state index in [1.165, 1.54) is 28.9 Å². The van der Waals surface area contributed by atoms with Crippen LogP contribution in [0.2, 0.25) is 0 Å². The number of rotatable bonds is 5. The maximum absolute atomic E-state index is 11.7. The second-order valence-electron chi connectivity index (χ2n) is 5.66. The van der Waals surface area contributed by atoms with Crippen molar-refractivity contribution in [3.63, 3.8) is 0 Å². The monoisotopic (exact) mass is 356 g/mol. The van der Waals surface area contributed by atoms with Gasteiger partial charge in [-0.15, -0.1) is 0 Å². The van der Waals surface area contributed by atoms with Crippen molar-refractivity contribution in [1.82, 2.24) is 9.78 Å². The van der Waals surface area contributed by atoms with Crippen LogP contribution in [0.4, 0.5) is 0 Å². The van der Waals surface area contributed by atoms with Crippen molar-refractivity contribution in [2.24, 2.45) is 0 Å². The average Bonchev–Trinajstić information content (AvgIpc) is 3.05. The average molecular weight is 356 g/mol. The zero-order valence-electron chi connectivity index (χ0n) is 13.4. The molecule has 2 aromatic carbocycles. The van der Waals surface area contributed by atoms with Crippen LogP contribution in [0.25, 0.3) is 11.1 Å². The first-order chi connectivity index (χ1) is 11.9. The Kier molecular flexibility index (Phi) is 4.41. The summed E-state index contributed by atoms with van der Waals surface area (Å²) in [6.45, 7) is 0. The number of carboxylic acids is 1. The van der Waals surface area contributed by atoms with Crippen LogP contribution in [0.3, 0.4) is 0 Å². The summed E-state index contributed by atoms with van der Waals surface area (Å²) in [5.74, 6) is -1.07. The van der Waals surface area contributed by atoms with Gasteiger partial charge in [-0.25, -0.2) is 13.2 Å². The maximum atomic E-state index is 11.7. The van der Waals surface area contributed by atoms with Crippen molar-refractivity contribution in [3.05, 3.63) is 72.6 Å². The van der Waals surface area contributed by atoms with E-state index in [0.29, 0.717) is 5.56 Å². The van der Waals surface area contributed by atoms with Gasteiger partial charge < -0.3 is 5.11 Å².